The third kappa shape index (κ3) is 6.55. The number of aliphatic hydroxyl groups excluding tert-OH is 1. The molecule has 1 amide bonds. The zero-order chi connectivity index (χ0) is 23.1. The van der Waals surface area contributed by atoms with E-state index in [9.17, 15) is 18.3 Å². The second-order valence-corrected chi connectivity index (χ2v) is 10.3. The highest BCUT2D eigenvalue weighted by atomic mass is 32.2. The molecule has 1 aliphatic carbocycles. The normalized spacial score (nSPS) is 19.2. The molecule has 174 valence electrons. The Hall–Kier alpha value is -2.41. The molecule has 1 aliphatic rings. The second-order valence-electron chi connectivity index (χ2n) is 7.42. The van der Waals surface area contributed by atoms with E-state index in [4.69, 9.17) is 9.57 Å². The van der Waals surface area contributed by atoms with Crippen LogP contribution < -0.4 is 5.32 Å². The van der Waals surface area contributed by atoms with Crippen molar-refractivity contribution in [3.8, 4) is 0 Å². The number of sulfone groups is 1. The van der Waals surface area contributed by atoms with Crippen molar-refractivity contribution in [2.75, 3.05) is 24.8 Å². The van der Waals surface area contributed by atoms with Crippen molar-refractivity contribution in [1.29, 1.82) is 0 Å². The molecule has 3 rings (SSSR count). The zero-order valence-corrected chi connectivity index (χ0v) is 19.5. The summed E-state index contributed by atoms with van der Waals surface area (Å²) in [4.78, 5) is 22.7. The van der Waals surface area contributed by atoms with Crippen LogP contribution in [0.5, 0.6) is 0 Å². The third-order valence-electron chi connectivity index (χ3n) is 4.86. The average molecular weight is 483 g/mol. The molecule has 0 saturated heterocycles. The standard InChI is InChI=1S/C20H26N4O6S2/c1-13-21-20(31-24-13)22-19(26)18(23-30-16-7-6-15(25)12-16)14-4-8-17(9-5-14)32(27,28)11-3-10-29-2/h4-5,8-9,15-16,25H,3,6-7,10-12H2,1-2H3,(H,21,22,24,26)/b23-18+/t15-,16-/m1/s1. The summed E-state index contributed by atoms with van der Waals surface area (Å²) in [5.74, 6) is -0.0658. The van der Waals surface area contributed by atoms with Gasteiger partial charge in [0.1, 0.15) is 11.9 Å². The predicted molar refractivity (Wildman–Crippen MR) is 120 cm³/mol. The van der Waals surface area contributed by atoms with E-state index in [-0.39, 0.29) is 22.5 Å². The number of carbonyl (C=O) groups is 1. The lowest BCUT2D eigenvalue weighted by Crippen LogP contribution is -2.25. The number of hydrogen-bond donors (Lipinski definition) is 2. The summed E-state index contributed by atoms with van der Waals surface area (Å²) in [5.41, 5.74) is 0.362. The number of methoxy groups -OCH3 is 1. The highest BCUT2D eigenvalue weighted by Crippen LogP contribution is 2.23. The first-order valence-corrected chi connectivity index (χ1v) is 12.6. The Labute approximate surface area is 190 Å². The molecular weight excluding hydrogens is 456 g/mol. The number of hydrogen-bond acceptors (Lipinski definition) is 10. The van der Waals surface area contributed by atoms with Crippen LogP contribution in [0.4, 0.5) is 5.13 Å². The lowest BCUT2D eigenvalue weighted by atomic mass is 10.1. The van der Waals surface area contributed by atoms with Crippen LogP contribution in [0.15, 0.2) is 34.3 Å². The number of benzene rings is 1. The molecule has 1 saturated carbocycles. The topological polar surface area (TPSA) is 140 Å². The minimum Gasteiger partial charge on any atom is -0.393 e. The number of amides is 1. The van der Waals surface area contributed by atoms with E-state index in [1.165, 1.54) is 31.4 Å². The van der Waals surface area contributed by atoms with E-state index in [2.05, 4.69) is 19.8 Å². The van der Waals surface area contributed by atoms with Crippen LogP contribution in [0, 0.1) is 6.92 Å². The van der Waals surface area contributed by atoms with Crippen molar-refractivity contribution in [3.63, 3.8) is 0 Å². The fourth-order valence-electron chi connectivity index (χ4n) is 3.20. The summed E-state index contributed by atoms with van der Waals surface area (Å²) in [6.45, 7) is 2.06. The Bertz CT molecular complexity index is 1050. The molecule has 1 aromatic heterocycles. The van der Waals surface area contributed by atoms with Crippen molar-refractivity contribution in [3.05, 3.63) is 35.7 Å². The molecule has 0 spiro atoms. The Morgan fingerprint density at radius 2 is 2.06 bits per heavy atom. The number of nitrogens with one attached hydrogen (secondary N) is 1. The number of oxime groups is 1. The van der Waals surface area contributed by atoms with E-state index >= 15 is 0 Å². The van der Waals surface area contributed by atoms with Gasteiger partial charge in [0.2, 0.25) is 5.13 Å². The van der Waals surface area contributed by atoms with Crippen molar-refractivity contribution < 1.29 is 27.9 Å². The minimum absolute atomic E-state index is 0.0254. The Morgan fingerprint density at radius 1 is 1.31 bits per heavy atom. The predicted octanol–water partition coefficient (Wildman–Crippen LogP) is 1.93. The lowest BCUT2D eigenvalue weighted by Gasteiger charge is -2.11. The molecule has 0 bridgehead atoms. The molecular formula is C20H26N4O6S2. The van der Waals surface area contributed by atoms with E-state index in [1.54, 1.807) is 6.92 Å². The summed E-state index contributed by atoms with van der Waals surface area (Å²) < 4.78 is 33.9. The van der Waals surface area contributed by atoms with Crippen LogP contribution >= 0.6 is 11.5 Å². The van der Waals surface area contributed by atoms with Gasteiger partial charge in [-0.05, 0) is 38.3 Å². The number of aryl methyl sites for hydroxylation is 1. The van der Waals surface area contributed by atoms with Gasteiger partial charge in [0, 0.05) is 37.2 Å². The van der Waals surface area contributed by atoms with Crippen LogP contribution in [0.1, 0.15) is 37.1 Å². The molecule has 1 fully saturated rings. The molecule has 2 aromatic rings. The molecule has 1 heterocycles. The van der Waals surface area contributed by atoms with E-state index in [1.807, 2.05) is 0 Å². The molecule has 0 radical (unpaired) electrons. The molecule has 1 aromatic carbocycles. The van der Waals surface area contributed by atoms with Gasteiger partial charge in [0.25, 0.3) is 5.91 Å². The van der Waals surface area contributed by atoms with Crippen molar-refractivity contribution >= 4 is 38.1 Å². The van der Waals surface area contributed by atoms with Crippen molar-refractivity contribution in [1.82, 2.24) is 9.36 Å². The van der Waals surface area contributed by atoms with Gasteiger partial charge in [-0.2, -0.15) is 4.37 Å². The second kappa shape index (κ2) is 10.9. The highest BCUT2D eigenvalue weighted by molar-refractivity contribution is 7.91. The Kier molecular flexibility index (Phi) is 8.29. The monoisotopic (exact) mass is 482 g/mol. The minimum atomic E-state index is -3.47. The smallest absolute Gasteiger partial charge is 0.280 e. The van der Waals surface area contributed by atoms with Crippen LogP contribution in [-0.4, -0.2) is 66.2 Å². The molecule has 2 N–H and O–H groups in total. The van der Waals surface area contributed by atoms with E-state index in [0.717, 1.165) is 11.5 Å². The summed E-state index contributed by atoms with van der Waals surface area (Å²) in [7, 11) is -1.95. The molecule has 10 nitrogen and oxygen atoms in total. The number of anilines is 1. The molecule has 12 heteroatoms. The molecule has 2 atom stereocenters. The summed E-state index contributed by atoms with van der Waals surface area (Å²) in [5, 5.41) is 16.7. The molecule has 32 heavy (non-hydrogen) atoms. The Balaban J connectivity index is 1.81. The number of carbonyl (C=O) groups excluding carboxylic acids is 1. The van der Waals surface area contributed by atoms with Gasteiger partial charge in [0.15, 0.2) is 15.5 Å². The highest BCUT2D eigenvalue weighted by Gasteiger charge is 2.26. The third-order valence-corrected chi connectivity index (χ3v) is 7.40. The van der Waals surface area contributed by atoms with Crippen LogP contribution in [0.2, 0.25) is 0 Å². The van der Waals surface area contributed by atoms with Crippen LogP contribution in [0.25, 0.3) is 0 Å². The number of ether oxygens (including phenoxy) is 1. The van der Waals surface area contributed by atoms with Gasteiger partial charge in [-0.3, -0.25) is 10.1 Å². The first-order chi connectivity index (χ1) is 15.3. The van der Waals surface area contributed by atoms with E-state index in [0.29, 0.717) is 48.8 Å². The molecule has 0 unspecified atom stereocenters. The fraction of sp³-hybridized carbons (Fsp3) is 0.500. The number of rotatable bonds is 10. The van der Waals surface area contributed by atoms with Gasteiger partial charge >= 0.3 is 0 Å². The first-order valence-electron chi connectivity index (χ1n) is 10.1. The maximum Gasteiger partial charge on any atom is 0.280 e. The van der Waals surface area contributed by atoms with Gasteiger partial charge in [-0.15, -0.1) is 0 Å². The quantitative estimate of drug-likeness (QED) is 0.297. The number of aromatic nitrogens is 2. The summed E-state index contributed by atoms with van der Waals surface area (Å²) in [6, 6.07) is 5.91. The van der Waals surface area contributed by atoms with Gasteiger partial charge in [-0.25, -0.2) is 13.4 Å². The van der Waals surface area contributed by atoms with Crippen molar-refractivity contribution in [2.24, 2.45) is 5.16 Å². The number of aliphatic hydroxyl groups is 1. The summed E-state index contributed by atoms with van der Waals surface area (Å²) >= 11 is 1.04. The van der Waals surface area contributed by atoms with Crippen LogP contribution in [-0.2, 0) is 24.2 Å². The SMILES string of the molecule is COCCCS(=O)(=O)c1ccc(/C(=N\O[C@@H]2CC[C@@H](O)C2)C(=O)Nc2nc(C)ns2)cc1. The Morgan fingerprint density at radius 3 is 2.66 bits per heavy atom. The zero-order valence-electron chi connectivity index (χ0n) is 17.9. The molecule has 0 aliphatic heterocycles. The fourth-order valence-corrected chi connectivity index (χ4v) is 5.06. The van der Waals surface area contributed by atoms with E-state index < -0.39 is 21.8 Å². The van der Waals surface area contributed by atoms with Crippen LogP contribution in [0.3, 0.4) is 0 Å². The largest absolute Gasteiger partial charge is 0.393 e. The maximum atomic E-state index is 12.9. The summed E-state index contributed by atoms with van der Waals surface area (Å²) in [6.07, 6.45) is 1.33. The van der Waals surface area contributed by atoms with Gasteiger partial charge in [0.05, 0.1) is 16.8 Å². The van der Waals surface area contributed by atoms with Gasteiger partial charge < -0.3 is 14.7 Å². The van der Waals surface area contributed by atoms with Crippen molar-refractivity contribution in [2.45, 2.75) is 49.7 Å². The maximum absolute atomic E-state index is 12.9. The van der Waals surface area contributed by atoms with Gasteiger partial charge in [-0.1, -0.05) is 17.3 Å². The number of nitrogens with zero attached hydrogens (tertiary/aromatic N) is 3. The lowest BCUT2D eigenvalue weighted by molar-refractivity contribution is -0.110. The first kappa shape index (κ1) is 24.2. The average Bonchev–Trinajstić information content (AvgIpc) is 3.36.